The highest BCUT2D eigenvalue weighted by Crippen LogP contribution is 2.29. The summed E-state index contributed by atoms with van der Waals surface area (Å²) in [6.45, 7) is 2.82. The van der Waals surface area contributed by atoms with Gasteiger partial charge in [-0.1, -0.05) is 0 Å². The Morgan fingerprint density at radius 3 is 2.75 bits per heavy atom. The lowest BCUT2D eigenvalue weighted by Gasteiger charge is -2.00. The fourth-order valence-corrected chi connectivity index (χ4v) is 2.64. The molecular weight excluding hydrogens is 218 g/mol. The lowest BCUT2D eigenvalue weighted by Crippen LogP contribution is -2.14. The van der Waals surface area contributed by atoms with Crippen LogP contribution in [0.2, 0.25) is 0 Å². The van der Waals surface area contributed by atoms with E-state index in [1.165, 1.54) is 35.4 Å². The highest BCUT2D eigenvalue weighted by Gasteiger charge is 2.21. The topological polar surface area (TPSA) is 21.3 Å². The average molecular weight is 237 g/mol. The molecule has 0 radical (unpaired) electrons. The van der Waals surface area contributed by atoms with Crippen molar-refractivity contribution >= 4 is 11.3 Å². The third-order valence-electron chi connectivity index (χ3n) is 3.15. The van der Waals surface area contributed by atoms with Crippen molar-refractivity contribution in [3.8, 4) is 0 Å². The van der Waals surface area contributed by atoms with E-state index in [0.29, 0.717) is 0 Å². The van der Waals surface area contributed by atoms with E-state index in [1.807, 2.05) is 11.3 Å². The molecule has 1 N–H and O–H groups in total. The monoisotopic (exact) mass is 237 g/mol. The fourth-order valence-electron chi connectivity index (χ4n) is 1.74. The molecule has 1 aromatic heterocycles. The zero-order valence-electron chi connectivity index (χ0n) is 9.58. The molecule has 0 bridgehead atoms. The molecule has 0 saturated heterocycles. The first-order chi connectivity index (χ1) is 7.90. The van der Waals surface area contributed by atoms with E-state index in [1.54, 1.807) is 0 Å². The van der Waals surface area contributed by atoms with Crippen molar-refractivity contribution in [3.63, 3.8) is 0 Å². The van der Waals surface area contributed by atoms with Crippen molar-refractivity contribution in [1.82, 2.24) is 5.32 Å². The summed E-state index contributed by atoms with van der Waals surface area (Å²) in [6, 6.07) is 5.24. The van der Waals surface area contributed by atoms with Crippen LogP contribution in [0.25, 0.3) is 0 Å². The Morgan fingerprint density at radius 1 is 1.19 bits per heavy atom. The quantitative estimate of drug-likeness (QED) is 0.787. The SMILES string of the molecule is c1cc(COCC2CC2)sc1CNC1CC1. The van der Waals surface area contributed by atoms with Gasteiger partial charge in [0.15, 0.2) is 0 Å². The van der Waals surface area contributed by atoms with Gasteiger partial charge < -0.3 is 10.1 Å². The second kappa shape index (κ2) is 4.86. The zero-order chi connectivity index (χ0) is 10.8. The number of ether oxygens (including phenoxy) is 1. The van der Waals surface area contributed by atoms with Crippen molar-refractivity contribution in [3.05, 3.63) is 21.9 Å². The van der Waals surface area contributed by atoms with Crippen LogP contribution < -0.4 is 5.32 Å². The highest BCUT2D eigenvalue weighted by molar-refractivity contribution is 7.11. The normalized spacial score (nSPS) is 20.2. The number of thiophene rings is 1. The van der Waals surface area contributed by atoms with Gasteiger partial charge in [-0.3, -0.25) is 0 Å². The Balaban J connectivity index is 1.39. The predicted octanol–water partition coefficient (Wildman–Crippen LogP) is 2.93. The zero-order valence-corrected chi connectivity index (χ0v) is 10.4. The molecular formula is C13H19NOS. The van der Waals surface area contributed by atoms with Crippen LogP contribution in [0.15, 0.2) is 12.1 Å². The molecule has 0 amide bonds. The minimum atomic E-state index is 0.802. The second-order valence-corrected chi connectivity index (χ2v) is 6.23. The fraction of sp³-hybridized carbons (Fsp3) is 0.692. The molecule has 0 spiro atoms. The molecule has 2 nitrogen and oxygen atoms in total. The molecule has 3 heteroatoms. The van der Waals surface area contributed by atoms with Crippen LogP contribution in [0, 0.1) is 5.92 Å². The van der Waals surface area contributed by atoms with Crippen LogP contribution in [0.5, 0.6) is 0 Å². The largest absolute Gasteiger partial charge is 0.376 e. The van der Waals surface area contributed by atoms with Crippen molar-refractivity contribution < 1.29 is 4.74 Å². The number of rotatable bonds is 7. The summed E-state index contributed by atoms with van der Waals surface area (Å²) in [7, 11) is 0. The lowest BCUT2D eigenvalue weighted by atomic mass is 10.4. The van der Waals surface area contributed by atoms with Gasteiger partial charge in [0.2, 0.25) is 0 Å². The summed E-state index contributed by atoms with van der Waals surface area (Å²) in [4.78, 5) is 2.81. The van der Waals surface area contributed by atoms with E-state index in [-0.39, 0.29) is 0 Å². The number of hydrogen-bond donors (Lipinski definition) is 1. The van der Waals surface area contributed by atoms with E-state index in [9.17, 15) is 0 Å². The van der Waals surface area contributed by atoms with E-state index in [0.717, 1.165) is 31.7 Å². The maximum atomic E-state index is 5.68. The molecule has 2 aliphatic carbocycles. The van der Waals surface area contributed by atoms with E-state index in [4.69, 9.17) is 4.74 Å². The maximum absolute atomic E-state index is 5.68. The van der Waals surface area contributed by atoms with Gasteiger partial charge in [-0.25, -0.2) is 0 Å². The van der Waals surface area contributed by atoms with Gasteiger partial charge in [0.25, 0.3) is 0 Å². The smallest absolute Gasteiger partial charge is 0.0809 e. The van der Waals surface area contributed by atoms with Gasteiger partial charge in [-0.05, 0) is 43.7 Å². The predicted molar refractivity (Wildman–Crippen MR) is 66.6 cm³/mol. The molecule has 16 heavy (non-hydrogen) atoms. The number of nitrogens with one attached hydrogen (secondary N) is 1. The summed E-state index contributed by atoms with van der Waals surface area (Å²) in [6.07, 6.45) is 5.48. The summed E-state index contributed by atoms with van der Waals surface area (Å²) >= 11 is 1.89. The van der Waals surface area contributed by atoms with Crippen molar-refractivity contribution in [2.24, 2.45) is 5.92 Å². The molecule has 88 valence electrons. The summed E-state index contributed by atoms with van der Waals surface area (Å²) in [5.41, 5.74) is 0. The van der Waals surface area contributed by atoms with Gasteiger partial charge in [-0.15, -0.1) is 11.3 Å². The Kier molecular flexibility index (Phi) is 3.27. The van der Waals surface area contributed by atoms with Crippen LogP contribution in [0.3, 0.4) is 0 Å². The lowest BCUT2D eigenvalue weighted by molar-refractivity contribution is 0.113. The minimum absolute atomic E-state index is 0.802. The first-order valence-electron chi connectivity index (χ1n) is 6.29. The van der Waals surface area contributed by atoms with Gasteiger partial charge in [0, 0.05) is 28.9 Å². The summed E-state index contributed by atoms with van der Waals surface area (Å²) < 4.78 is 5.68. The molecule has 1 aromatic rings. The Morgan fingerprint density at radius 2 is 2.00 bits per heavy atom. The van der Waals surface area contributed by atoms with E-state index < -0.39 is 0 Å². The van der Waals surface area contributed by atoms with Crippen LogP contribution in [-0.2, 0) is 17.9 Å². The van der Waals surface area contributed by atoms with Gasteiger partial charge >= 0.3 is 0 Å². The molecule has 0 unspecified atom stereocenters. The molecule has 0 aromatic carbocycles. The van der Waals surface area contributed by atoms with Gasteiger partial charge in [-0.2, -0.15) is 0 Å². The molecule has 2 saturated carbocycles. The Bertz CT molecular complexity index is 341. The van der Waals surface area contributed by atoms with Crippen LogP contribution in [0.1, 0.15) is 35.4 Å². The number of hydrogen-bond acceptors (Lipinski definition) is 3. The second-order valence-electron chi connectivity index (χ2n) is 4.98. The van der Waals surface area contributed by atoms with Crippen molar-refractivity contribution in [1.29, 1.82) is 0 Å². The Hall–Kier alpha value is -0.380. The van der Waals surface area contributed by atoms with Crippen molar-refractivity contribution in [2.45, 2.75) is 44.9 Å². The Labute approximate surface area is 101 Å². The van der Waals surface area contributed by atoms with Crippen LogP contribution in [0.4, 0.5) is 0 Å². The molecule has 0 atom stereocenters. The first-order valence-corrected chi connectivity index (χ1v) is 7.10. The maximum Gasteiger partial charge on any atom is 0.0809 e. The van der Waals surface area contributed by atoms with E-state index >= 15 is 0 Å². The summed E-state index contributed by atoms with van der Waals surface area (Å²) in [5.74, 6) is 0.871. The molecule has 1 heterocycles. The molecule has 3 rings (SSSR count). The van der Waals surface area contributed by atoms with Gasteiger partial charge in [0.1, 0.15) is 0 Å². The molecule has 2 aliphatic rings. The van der Waals surface area contributed by atoms with Crippen LogP contribution in [-0.4, -0.2) is 12.6 Å². The van der Waals surface area contributed by atoms with Crippen molar-refractivity contribution in [2.75, 3.05) is 6.61 Å². The molecule has 2 fully saturated rings. The van der Waals surface area contributed by atoms with Crippen LogP contribution >= 0.6 is 11.3 Å². The average Bonchev–Trinajstić information content (AvgIpc) is 3.18. The summed E-state index contributed by atoms with van der Waals surface area (Å²) in [5, 5.41) is 3.54. The van der Waals surface area contributed by atoms with Gasteiger partial charge in [0.05, 0.1) is 6.61 Å². The molecule has 0 aliphatic heterocycles. The van der Waals surface area contributed by atoms with E-state index in [2.05, 4.69) is 17.4 Å². The third kappa shape index (κ3) is 3.30. The third-order valence-corrected chi connectivity index (χ3v) is 4.21. The minimum Gasteiger partial charge on any atom is -0.376 e. The first kappa shape index (κ1) is 10.8. The standard InChI is InChI=1S/C13H19NOS/c1-2-10(1)8-15-9-13-6-5-12(16-13)7-14-11-3-4-11/h5-6,10-11,14H,1-4,7-9H2. The highest BCUT2D eigenvalue weighted by atomic mass is 32.1.